The van der Waals surface area contributed by atoms with Crippen LogP contribution >= 0.6 is 11.6 Å². The summed E-state index contributed by atoms with van der Waals surface area (Å²) in [4.78, 5) is 35.4. The van der Waals surface area contributed by atoms with Gasteiger partial charge in [-0.15, -0.1) is 0 Å². The molecule has 0 saturated carbocycles. The Labute approximate surface area is 185 Å². The molecular formula is C24H23ClN4O2. The van der Waals surface area contributed by atoms with E-state index in [9.17, 15) is 9.59 Å². The minimum atomic E-state index is -0.281. The van der Waals surface area contributed by atoms with Gasteiger partial charge in [0.25, 0.3) is 5.91 Å². The Bertz CT molecular complexity index is 1130. The molecule has 0 radical (unpaired) electrons. The number of carbonyl (C=O) groups is 2. The molecule has 2 heterocycles. The third-order valence-electron chi connectivity index (χ3n) is 5.45. The molecule has 1 aromatic heterocycles. The molecule has 31 heavy (non-hydrogen) atoms. The van der Waals surface area contributed by atoms with Crippen molar-refractivity contribution in [3.8, 4) is 0 Å². The predicted molar refractivity (Wildman–Crippen MR) is 122 cm³/mol. The van der Waals surface area contributed by atoms with E-state index in [-0.39, 0.29) is 11.8 Å². The first-order chi connectivity index (χ1) is 15.0. The van der Waals surface area contributed by atoms with Crippen LogP contribution in [0.25, 0.3) is 10.9 Å². The van der Waals surface area contributed by atoms with Crippen LogP contribution in [0.1, 0.15) is 29.0 Å². The van der Waals surface area contributed by atoms with Crippen molar-refractivity contribution < 1.29 is 9.59 Å². The van der Waals surface area contributed by atoms with Crippen LogP contribution in [0.4, 0.5) is 5.69 Å². The molecule has 2 amide bonds. The van der Waals surface area contributed by atoms with E-state index in [0.717, 1.165) is 42.5 Å². The number of benzene rings is 2. The van der Waals surface area contributed by atoms with E-state index in [1.54, 1.807) is 24.3 Å². The van der Waals surface area contributed by atoms with Crippen LogP contribution in [0.2, 0.25) is 5.02 Å². The van der Waals surface area contributed by atoms with E-state index in [1.807, 2.05) is 29.3 Å². The highest BCUT2D eigenvalue weighted by atomic mass is 35.5. The summed E-state index contributed by atoms with van der Waals surface area (Å²) in [6, 6.07) is 12.5. The van der Waals surface area contributed by atoms with Crippen molar-refractivity contribution in [3.63, 3.8) is 0 Å². The summed E-state index contributed by atoms with van der Waals surface area (Å²) in [5.41, 5.74) is 2.12. The number of hydrogen-bond acceptors (Lipinski definition) is 4. The van der Waals surface area contributed by atoms with Crippen LogP contribution in [-0.2, 0) is 11.2 Å². The molecule has 4 rings (SSSR count). The van der Waals surface area contributed by atoms with Crippen LogP contribution in [0, 0.1) is 5.92 Å². The van der Waals surface area contributed by atoms with Gasteiger partial charge in [-0.1, -0.05) is 18.2 Å². The predicted octanol–water partition coefficient (Wildman–Crippen LogP) is 4.50. The van der Waals surface area contributed by atoms with Crippen molar-refractivity contribution in [1.29, 1.82) is 0 Å². The first kappa shape index (κ1) is 21.0. The van der Waals surface area contributed by atoms with Crippen LogP contribution in [-0.4, -0.2) is 39.8 Å². The molecular weight excluding hydrogens is 412 g/mol. The summed E-state index contributed by atoms with van der Waals surface area (Å²) >= 11 is 6.03. The maximum atomic E-state index is 13.0. The van der Waals surface area contributed by atoms with Gasteiger partial charge in [-0.25, -0.2) is 9.97 Å². The highest BCUT2D eigenvalue weighted by Crippen LogP contribution is 2.23. The summed E-state index contributed by atoms with van der Waals surface area (Å²) in [5.74, 6) is 0.822. The number of halogens is 1. The lowest BCUT2D eigenvalue weighted by molar-refractivity contribution is -0.111. The summed E-state index contributed by atoms with van der Waals surface area (Å²) < 4.78 is 0. The Morgan fingerprint density at radius 1 is 1.23 bits per heavy atom. The van der Waals surface area contributed by atoms with E-state index in [0.29, 0.717) is 28.7 Å². The van der Waals surface area contributed by atoms with E-state index in [4.69, 9.17) is 11.6 Å². The molecule has 2 aromatic carbocycles. The van der Waals surface area contributed by atoms with Crippen molar-refractivity contribution in [2.75, 3.05) is 18.4 Å². The number of likely N-dealkylation sites (tertiary alicyclic amines) is 1. The summed E-state index contributed by atoms with van der Waals surface area (Å²) in [5, 5.41) is 4.27. The van der Waals surface area contributed by atoms with Gasteiger partial charge >= 0.3 is 0 Å². The molecule has 6 nitrogen and oxygen atoms in total. The van der Waals surface area contributed by atoms with Gasteiger partial charge in [0.1, 0.15) is 5.82 Å². The molecule has 7 heteroatoms. The molecule has 1 aliphatic rings. The minimum absolute atomic E-state index is 0.000342. The van der Waals surface area contributed by atoms with E-state index < -0.39 is 0 Å². The van der Waals surface area contributed by atoms with Crippen LogP contribution in [0.5, 0.6) is 0 Å². The zero-order chi connectivity index (χ0) is 21.8. The van der Waals surface area contributed by atoms with Crippen LogP contribution in [0.15, 0.2) is 61.3 Å². The molecule has 1 aliphatic heterocycles. The maximum Gasteiger partial charge on any atom is 0.253 e. The van der Waals surface area contributed by atoms with Crippen molar-refractivity contribution in [2.24, 2.45) is 5.92 Å². The normalized spacial score (nSPS) is 16.2. The zero-order valence-corrected chi connectivity index (χ0v) is 17.8. The Hall–Kier alpha value is -3.25. The average molecular weight is 435 g/mol. The Morgan fingerprint density at radius 2 is 2.03 bits per heavy atom. The smallest absolute Gasteiger partial charge is 0.253 e. The lowest BCUT2D eigenvalue weighted by Gasteiger charge is -2.32. The zero-order valence-electron chi connectivity index (χ0n) is 17.1. The fraction of sp³-hybridized carbons (Fsp3) is 0.250. The number of aromatic nitrogens is 2. The van der Waals surface area contributed by atoms with E-state index in [1.165, 1.54) is 6.08 Å². The van der Waals surface area contributed by atoms with Gasteiger partial charge in [0, 0.05) is 47.4 Å². The topological polar surface area (TPSA) is 75.2 Å². The minimum Gasteiger partial charge on any atom is -0.338 e. The molecule has 3 aromatic rings. The number of rotatable bonds is 5. The largest absolute Gasteiger partial charge is 0.338 e. The standard InChI is InChI=1S/C24H23ClN4O2/c1-2-23(30)27-20-8-5-17(6-9-20)24(31)29-11-3-4-16(15-29)12-22-26-14-18-13-19(25)7-10-21(18)28-22/h2,5-10,13-14,16H,1,3-4,11-12,15H2,(H,27,30)/t16-/m0/s1. The number of anilines is 1. The first-order valence-electron chi connectivity index (χ1n) is 10.3. The molecule has 1 fully saturated rings. The van der Waals surface area contributed by atoms with Gasteiger partial charge in [-0.05, 0) is 67.3 Å². The third-order valence-corrected chi connectivity index (χ3v) is 5.69. The fourth-order valence-corrected chi connectivity index (χ4v) is 4.07. The summed E-state index contributed by atoms with van der Waals surface area (Å²) in [6.07, 6.45) is 5.74. The van der Waals surface area contributed by atoms with Crippen LogP contribution in [0.3, 0.4) is 0 Å². The van der Waals surface area contributed by atoms with Gasteiger partial charge < -0.3 is 10.2 Å². The van der Waals surface area contributed by atoms with Crippen LogP contribution < -0.4 is 5.32 Å². The Morgan fingerprint density at radius 3 is 2.81 bits per heavy atom. The number of nitrogens with one attached hydrogen (secondary N) is 1. The monoisotopic (exact) mass is 434 g/mol. The summed E-state index contributed by atoms with van der Waals surface area (Å²) in [7, 11) is 0. The van der Waals surface area contributed by atoms with Gasteiger partial charge in [0.05, 0.1) is 5.52 Å². The number of amides is 2. The van der Waals surface area contributed by atoms with Crippen molar-refractivity contribution in [1.82, 2.24) is 14.9 Å². The quantitative estimate of drug-likeness (QED) is 0.600. The highest BCUT2D eigenvalue weighted by Gasteiger charge is 2.25. The van der Waals surface area contributed by atoms with Gasteiger partial charge in [0.2, 0.25) is 5.91 Å². The number of fused-ring (bicyclic) bond motifs is 1. The molecule has 0 spiro atoms. The second kappa shape index (κ2) is 9.27. The SMILES string of the molecule is C=CC(=O)Nc1ccc(C(=O)N2CCC[C@@H](Cc3ncc4cc(Cl)ccc4n3)C2)cc1. The second-order valence-electron chi connectivity index (χ2n) is 7.72. The van der Waals surface area contributed by atoms with E-state index >= 15 is 0 Å². The Balaban J connectivity index is 1.41. The molecule has 0 unspecified atom stereocenters. The maximum absolute atomic E-state index is 13.0. The van der Waals surface area contributed by atoms with Crippen molar-refractivity contribution >= 4 is 40.0 Å². The molecule has 1 N–H and O–H groups in total. The number of nitrogens with zero attached hydrogens (tertiary/aromatic N) is 3. The molecule has 1 saturated heterocycles. The fourth-order valence-electron chi connectivity index (χ4n) is 3.89. The molecule has 0 bridgehead atoms. The lowest BCUT2D eigenvalue weighted by atomic mass is 9.94. The second-order valence-corrected chi connectivity index (χ2v) is 8.16. The van der Waals surface area contributed by atoms with Crippen molar-refractivity contribution in [3.05, 3.63) is 77.7 Å². The Kier molecular flexibility index (Phi) is 6.28. The molecule has 0 aliphatic carbocycles. The third kappa shape index (κ3) is 5.09. The summed E-state index contributed by atoms with van der Waals surface area (Å²) in [6.45, 7) is 4.85. The lowest BCUT2D eigenvalue weighted by Crippen LogP contribution is -2.40. The number of piperidine rings is 1. The van der Waals surface area contributed by atoms with Gasteiger partial charge in [-0.2, -0.15) is 0 Å². The number of hydrogen-bond donors (Lipinski definition) is 1. The van der Waals surface area contributed by atoms with E-state index in [2.05, 4.69) is 21.9 Å². The molecule has 158 valence electrons. The van der Waals surface area contributed by atoms with Crippen molar-refractivity contribution in [2.45, 2.75) is 19.3 Å². The number of carbonyl (C=O) groups excluding carboxylic acids is 2. The highest BCUT2D eigenvalue weighted by molar-refractivity contribution is 6.31. The molecule has 1 atom stereocenters. The average Bonchev–Trinajstić information content (AvgIpc) is 2.79. The van der Waals surface area contributed by atoms with Gasteiger partial charge in [-0.3, -0.25) is 9.59 Å². The first-order valence-corrected chi connectivity index (χ1v) is 10.6. The van der Waals surface area contributed by atoms with Gasteiger partial charge in [0.15, 0.2) is 0 Å².